The number of rotatable bonds is 53. The van der Waals surface area contributed by atoms with E-state index in [1.165, 1.54) is 244 Å². The van der Waals surface area contributed by atoms with E-state index in [1.54, 1.807) is 0 Å². The molecule has 0 radical (unpaired) electrons. The van der Waals surface area contributed by atoms with Crippen LogP contribution >= 0.6 is 0 Å². The van der Waals surface area contributed by atoms with Crippen molar-refractivity contribution in [3.8, 4) is 0 Å². The molecular formula is C57H113NO5. The van der Waals surface area contributed by atoms with Gasteiger partial charge in [-0.2, -0.15) is 0 Å². The maximum Gasteiger partial charge on any atom is 0.306 e. The number of hydrogen-bond donors (Lipinski definition) is 3. The minimum absolute atomic E-state index is 0.0886. The van der Waals surface area contributed by atoms with Gasteiger partial charge < -0.3 is 20.3 Å². The molecule has 0 rings (SSSR count). The molecule has 0 bridgehead atoms. The Morgan fingerprint density at radius 1 is 0.397 bits per heavy atom. The number of aliphatic hydroxyl groups excluding tert-OH is 2. The maximum absolute atomic E-state index is 13.3. The SMILES string of the molecule is CCCCCCCCCCCCCCCCCCCC(CC(=O)NC(CO)C(O)CCCCCCCCCCCCCCCC)OC(=O)CCCCCCCCCCCCCCC. The Hall–Kier alpha value is -1.14. The summed E-state index contributed by atoms with van der Waals surface area (Å²) < 4.78 is 5.96. The molecule has 1 amide bonds. The minimum Gasteiger partial charge on any atom is -0.462 e. The van der Waals surface area contributed by atoms with Crippen LogP contribution in [0.4, 0.5) is 0 Å². The predicted octanol–water partition coefficient (Wildman–Crippen LogP) is 17.5. The van der Waals surface area contributed by atoms with E-state index in [9.17, 15) is 19.8 Å². The molecule has 0 aliphatic carbocycles. The Morgan fingerprint density at radius 3 is 0.968 bits per heavy atom. The van der Waals surface area contributed by atoms with Crippen LogP contribution in [-0.2, 0) is 14.3 Å². The summed E-state index contributed by atoms with van der Waals surface area (Å²) in [5.41, 5.74) is 0. The van der Waals surface area contributed by atoms with E-state index < -0.39 is 18.2 Å². The first-order chi connectivity index (χ1) is 31.0. The number of hydrogen-bond acceptors (Lipinski definition) is 5. The topological polar surface area (TPSA) is 95.9 Å². The van der Waals surface area contributed by atoms with Gasteiger partial charge in [0, 0.05) is 6.42 Å². The van der Waals surface area contributed by atoms with E-state index in [4.69, 9.17) is 4.74 Å². The Bertz CT molecular complexity index is 913. The molecule has 0 heterocycles. The first-order valence-corrected chi connectivity index (χ1v) is 28.8. The fourth-order valence-corrected chi connectivity index (χ4v) is 9.32. The largest absolute Gasteiger partial charge is 0.462 e. The third-order valence-corrected chi connectivity index (χ3v) is 13.7. The van der Waals surface area contributed by atoms with Crippen molar-refractivity contribution in [3.63, 3.8) is 0 Å². The van der Waals surface area contributed by atoms with Crippen molar-refractivity contribution in [1.29, 1.82) is 0 Å². The number of carbonyl (C=O) groups is 2. The van der Waals surface area contributed by atoms with Crippen LogP contribution in [0.15, 0.2) is 0 Å². The first kappa shape index (κ1) is 61.9. The van der Waals surface area contributed by atoms with E-state index in [0.29, 0.717) is 19.3 Å². The van der Waals surface area contributed by atoms with Gasteiger partial charge in [-0.25, -0.2) is 0 Å². The predicted molar refractivity (Wildman–Crippen MR) is 274 cm³/mol. The number of ether oxygens (including phenoxy) is 1. The Balaban J connectivity index is 4.49. The van der Waals surface area contributed by atoms with Gasteiger partial charge in [0.05, 0.1) is 25.2 Å². The lowest BCUT2D eigenvalue weighted by Gasteiger charge is -2.24. The molecule has 6 heteroatoms. The number of carbonyl (C=O) groups excluding carboxylic acids is 2. The zero-order chi connectivity index (χ0) is 45.9. The average molecular weight is 893 g/mol. The van der Waals surface area contributed by atoms with Gasteiger partial charge in [0.15, 0.2) is 0 Å². The smallest absolute Gasteiger partial charge is 0.306 e. The quantitative estimate of drug-likeness (QED) is 0.0418. The summed E-state index contributed by atoms with van der Waals surface area (Å²) in [6, 6.07) is -0.693. The zero-order valence-corrected chi connectivity index (χ0v) is 43.0. The number of nitrogens with one attached hydrogen (secondary N) is 1. The lowest BCUT2D eigenvalue weighted by atomic mass is 10.0. The van der Waals surface area contributed by atoms with E-state index in [0.717, 1.165) is 38.5 Å². The van der Waals surface area contributed by atoms with Gasteiger partial charge in [-0.3, -0.25) is 9.59 Å². The summed E-state index contributed by atoms with van der Waals surface area (Å²) in [4.78, 5) is 26.2. The molecule has 376 valence electrons. The van der Waals surface area contributed by atoms with Crippen LogP contribution in [0.1, 0.15) is 329 Å². The molecule has 0 fully saturated rings. The Labute approximate surface area is 394 Å². The van der Waals surface area contributed by atoms with Crippen molar-refractivity contribution in [1.82, 2.24) is 5.32 Å². The van der Waals surface area contributed by atoms with Crippen LogP contribution in [0.2, 0.25) is 0 Å². The highest BCUT2D eigenvalue weighted by Gasteiger charge is 2.24. The molecule has 6 nitrogen and oxygen atoms in total. The molecule has 0 aromatic heterocycles. The monoisotopic (exact) mass is 892 g/mol. The minimum atomic E-state index is -0.780. The normalized spacial score (nSPS) is 13.0. The molecule has 63 heavy (non-hydrogen) atoms. The third kappa shape index (κ3) is 47.2. The maximum atomic E-state index is 13.3. The average Bonchev–Trinajstić information content (AvgIpc) is 3.28. The number of esters is 1. The van der Waals surface area contributed by atoms with Gasteiger partial charge in [0.2, 0.25) is 5.91 Å². The van der Waals surface area contributed by atoms with Crippen LogP contribution < -0.4 is 5.32 Å². The second kappa shape index (κ2) is 51.8. The van der Waals surface area contributed by atoms with Crippen molar-refractivity contribution in [3.05, 3.63) is 0 Å². The molecule has 0 aliphatic rings. The Morgan fingerprint density at radius 2 is 0.667 bits per heavy atom. The van der Waals surface area contributed by atoms with Gasteiger partial charge in [0.25, 0.3) is 0 Å². The molecule has 0 aliphatic heterocycles. The summed E-state index contributed by atoms with van der Waals surface area (Å²) in [5, 5.41) is 23.9. The lowest BCUT2D eigenvalue weighted by molar-refractivity contribution is -0.151. The highest BCUT2D eigenvalue weighted by molar-refractivity contribution is 5.77. The van der Waals surface area contributed by atoms with Crippen LogP contribution in [0.3, 0.4) is 0 Å². The highest BCUT2D eigenvalue weighted by Crippen LogP contribution is 2.19. The summed E-state index contributed by atoms with van der Waals surface area (Å²) in [6.45, 7) is 6.53. The summed E-state index contributed by atoms with van der Waals surface area (Å²) in [7, 11) is 0. The highest BCUT2D eigenvalue weighted by atomic mass is 16.5. The fraction of sp³-hybridized carbons (Fsp3) is 0.965. The molecule has 0 aromatic rings. The lowest BCUT2D eigenvalue weighted by Crippen LogP contribution is -2.46. The molecule has 0 aromatic carbocycles. The molecule has 3 N–H and O–H groups in total. The van der Waals surface area contributed by atoms with E-state index >= 15 is 0 Å². The second-order valence-corrected chi connectivity index (χ2v) is 20.1. The second-order valence-electron chi connectivity index (χ2n) is 20.1. The molecule has 0 saturated heterocycles. The van der Waals surface area contributed by atoms with Crippen molar-refractivity contribution < 1.29 is 24.5 Å². The van der Waals surface area contributed by atoms with E-state index in [-0.39, 0.29) is 24.9 Å². The first-order valence-electron chi connectivity index (χ1n) is 28.8. The van der Waals surface area contributed by atoms with Crippen molar-refractivity contribution >= 4 is 11.9 Å². The number of amides is 1. The Kier molecular flexibility index (Phi) is 50.9. The molecule has 3 atom stereocenters. The van der Waals surface area contributed by atoms with Gasteiger partial charge in [-0.15, -0.1) is 0 Å². The zero-order valence-electron chi connectivity index (χ0n) is 43.0. The molecular weight excluding hydrogens is 779 g/mol. The molecule has 0 spiro atoms. The van der Waals surface area contributed by atoms with Crippen LogP contribution in [0, 0.1) is 0 Å². The van der Waals surface area contributed by atoms with Crippen molar-refractivity contribution in [2.24, 2.45) is 0 Å². The van der Waals surface area contributed by atoms with E-state index in [1.807, 2.05) is 0 Å². The standard InChI is InChI=1S/C57H113NO5/c1-4-7-10-13-16-19-22-25-27-28-29-31-33-36-39-42-45-48-53(63-57(62)50-47-44-41-38-35-30-24-21-18-15-12-9-6-3)51-56(61)58-54(52-59)55(60)49-46-43-40-37-34-32-26-23-20-17-14-11-8-5-2/h53-55,59-60H,4-52H2,1-3H3,(H,58,61). The number of unbranched alkanes of at least 4 members (excludes halogenated alkanes) is 41. The van der Waals surface area contributed by atoms with Crippen LogP contribution in [-0.4, -0.2) is 46.9 Å². The summed E-state index contributed by atoms with van der Waals surface area (Å²) in [6.07, 6.45) is 57.4. The number of aliphatic hydroxyl groups is 2. The van der Waals surface area contributed by atoms with E-state index in [2.05, 4.69) is 26.1 Å². The molecule has 3 unspecified atom stereocenters. The summed E-state index contributed by atoms with van der Waals surface area (Å²) >= 11 is 0. The summed E-state index contributed by atoms with van der Waals surface area (Å²) in [5.74, 6) is -0.445. The van der Waals surface area contributed by atoms with Gasteiger partial charge in [-0.1, -0.05) is 290 Å². The third-order valence-electron chi connectivity index (χ3n) is 13.7. The van der Waals surface area contributed by atoms with Gasteiger partial charge in [0.1, 0.15) is 6.10 Å². The van der Waals surface area contributed by atoms with Gasteiger partial charge >= 0.3 is 5.97 Å². The molecule has 0 saturated carbocycles. The van der Waals surface area contributed by atoms with Crippen LogP contribution in [0.25, 0.3) is 0 Å². The van der Waals surface area contributed by atoms with Crippen molar-refractivity contribution in [2.75, 3.05) is 6.61 Å². The van der Waals surface area contributed by atoms with Crippen LogP contribution in [0.5, 0.6) is 0 Å². The van der Waals surface area contributed by atoms with Crippen molar-refractivity contribution in [2.45, 2.75) is 347 Å². The fourth-order valence-electron chi connectivity index (χ4n) is 9.32. The van der Waals surface area contributed by atoms with Gasteiger partial charge in [-0.05, 0) is 25.7 Å².